The topological polar surface area (TPSA) is 49.8 Å². The van der Waals surface area contributed by atoms with Gasteiger partial charge < -0.3 is 14.7 Å². The average Bonchev–Trinajstić information content (AvgIpc) is 2.61. The van der Waals surface area contributed by atoms with Crippen LogP contribution in [-0.4, -0.2) is 43.6 Å². The molecule has 2 atom stereocenters. The molecule has 0 saturated carbocycles. The number of halogens is 1. The van der Waals surface area contributed by atoms with Crippen LogP contribution >= 0.6 is 0 Å². The lowest BCUT2D eigenvalue weighted by Gasteiger charge is -2.37. The van der Waals surface area contributed by atoms with Crippen molar-refractivity contribution in [2.45, 2.75) is 18.7 Å². The molecule has 2 unspecified atom stereocenters. The Morgan fingerprint density at radius 1 is 1.21 bits per heavy atom. The highest BCUT2D eigenvalue weighted by atomic mass is 19.1. The molecule has 3 rings (SSSR count). The normalized spacial score (nSPS) is 20.8. The molecule has 126 valence electrons. The number of piperidine rings is 1. The lowest BCUT2D eigenvalue weighted by atomic mass is 9.96. The van der Waals surface area contributed by atoms with Crippen LogP contribution < -0.4 is 4.90 Å². The van der Waals surface area contributed by atoms with Gasteiger partial charge in [0.05, 0.1) is 23.9 Å². The maximum atomic E-state index is 14.3. The zero-order valence-electron chi connectivity index (χ0n) is 13.5. The number of anilines is 1. The van der Waals surface area contributed by atoms with Crippen molar-refractivity contribution in [1.82, 2.24) is 0 Å². The molecular formula is C19H20FNO3. The fourth-order valence-corrected chi connectivity index (χ4v) is 3.26. The van der Waals surface area contributed by atoms with E-state index >= 15 is 0 Å². The number of para-hydroxylation sites is 1. The number of hydrogen-bond donors (Lipinski definition) is 1. The lowest BCUT2D eigenvalue weighted by molar-refractivity contribution is 0.0196. The van der Waals surface area contributed by atoms with Crippen LogP contribution in [-0.2, 0) is 4.74 Å². The largest absolute Gasteiger partial charge is 0.478 e. The van der Waals surface area contributed by atoms with Gasteiger partial charge in [0.25, 0.3) is 0 Å². The molecule has 1 aliphatic rings. The number of alkyl halides is 1. The van der Waals surface area contributed by atoms with Crippen LogP contribution in [0.1, 0.15) is 16.8 Å². The van der Waals surface area contributed by atoms with E-state index in [1.54, 1.807) is 12.1 Å². The Morgan fingerprint density at radius 3 is 2.58 bits per heavy atom. The molecule has 1 N–H and O–H groups in total. The number of methoxy groups -OCH3 is 1. The average molecular weight is 329 g/mol. The van der Waals surface area contributed by atoms with Gasteiger partial charge in [-0.25, -0.2) is 9.18 Å². The second kappa shape index (κ2) is 7.01. The minimum atomic E-state index is -1.14. The molecule has 1 heterocycles. The molecule has 1 aliphatic heterocycles. The van der Waals surface area contributed by atoms with Gasteiger partial charge in [-0.05, 0) is 18.1 Å². The number of carbonyl (C=O) groups is 1. The first-order valence-electron chi connectivity index (χ1n) is 7.95. The van der Waals surface area contributed by atoms with Crippen molar-refractivity contribution in [3.63, 3.8) is 0 Å². The second-order valence-electron chi connectivity index (χ2n) is 5.90. The number of benzene rings is 2. The maximum Gasteiger partial charge on any atom is 0.337 e. The Kier molecular flexibility index (Phi) is 4.81. The van der Waals surface area contributed by atoms with Gasteiger partial charge >= 0.3 is 5.97 Å². The van der Waals surface area contributed by atoms with Crippen LogP contribution in [0.4, 0.5) is 10.1 Å². The van der Waals surface area contributed by atoms with E-state index < -0.39 is 18.2 Å². The third kappa shape index (κ3) is 3.12. The summed E-state index contributed by atoms with van der Waals surface area (Å²) in [7, 11) is 1.51. The number of aromatic carboxylic acids is 1. The molecule has 0 amide bonds. The van der Waals surface area contributed by atoms with Crippen molar-refractivity contribution in [2.75, 3.05) is 25.1 Å². The van der Waals surface area contributed by atoms with Gasteiger partial charge in [0, 0.05) is 19.2 Å². The molecular weight excluding hydrogens is 309 g/mol. The highest BCUT2D eigenvalue weighted by Gasteiger charge is 2.32. The van der Waals surface area contributed by atoms with Crippen LogP contribution in [0.2, 0.25) is 0 Å². The standard InChI is InChI=1S/C19H20FNO3/c1-24-17-10-11-21(12-16(17)20)18-14(13-6-3-2-4-7-13)8-5-9-15(18)19(22)23/h2-9,16-17H,10-12H2,1H3,(H,22,23). The van der Waals surface area contributed by atoms with Crippen LogP contribution in [0.25, 0.3) is 11.1 Å². The van der Waals surface area contributed by atoms with Crippen molar-refractivity contribution in [3.05, 3.63) is 54.1 Å². The monoisotopic (exact) mass is 329 g/mol. The highest BCUT2D eigenvalue weighted by Crippen LogP contribution is 2.36. The predicted molar refractivity (Wildman–Crippen MR) is 91.4 cm³/mol. The molecule has 2 aromatic rings. The molecule has 0 aromatic heterocycles. The van der Waals surface area contributed by atoms with Crippen molar-refractivity contribution in [1.29, 1.82) is 0 Å². The van der Waals surface area contributed by atoms with Crippen molar-refractivity contribution >= 4 is 11.7 Å². The SMILES string of the molecule is COC1CCN(c2c(C(=O)O)cccc2-c2ccccc2)CC1F. The molecule has 0 aliphatic carbocycles. The minimum Gasteiger partial charge on any atom is -0.478 e. The van der Waals surface area contributed by atoms with E-state index in [2.05, 4.69) is 0 Å². The summed E-state index contributed by atoms with van der Waals surface area (Å²) < 4.78 is 19.5. The number of hydrogen-bond acceptors (Lipinski definition) is 3. The molecule has 0 bridgehead atoms. The molecule has 0 radical (unpaired) electrons. The molecule has 2 aromatic carbocycles. The summed E-state index contributed by atoms with van der Waals surface area (Å²) in [5, 5.41) is 9.59. The smallest absolute Gasteiger partial charge is 0.337 e. The molecule has 1 fully saturated rings. The first-order chi connectivity index (χ1) is 11.6. The van der Waals surface area contributed by atoms with E-state index in [1.165, 1.54) is 7.11 Å². The van der Waals surface area contributed by atoms with E-state index in [1.807, 2.05) is 41.3 Å². The first kappa shape index (κ1) is 16.5. The number of carboxylic acid groups (broad SMARTS) is 1. The van der Waals surface area contributed by atoms with Crippen LogP contribution in [0.3, 0.4) is 0 Å². The van der Waals surface area contributed by atoms with Gasteiger partial charge in [-0.2, -0.15) is 0 Å². The number of nitrogens with zero attached hydrogens (tertiary/aromatic N) is 1. The minimum absolute atomic E-state index is 0.128. The Balaban J connectivity index is 2.06. The maximum absolute atomic E-state index is 14.3. The predicted octanol–water partition coefficient (Wildman–Crippen LogP) is 3.62. The summed E-state index contributed by atoms with van der Waals surface area (Å²) in [6.45, 7) is 0.686. The quantitative estimate of drug-likeness (QED) is 0.931. The van der Waals surface area contributed by atoms with Gasteiger partial charge in [-0.3, -0.25) is 0 Å². The summed E-state index contributed by atoms with van der Waals surface area (Å²) >= 11 is 0. The molecule has 24 heavy (non-hydrogen) atoms. The summed E-state index contributed by atoms with van der Waals surface area (Å²) in [6, 6.07) is 14.8. The lowest BCUT2D eigenvalue weighted by Crippen LogP contribution is -2.46. The van der Waals surface area contributed by atoms with E-state index in [4.69, 9.17) is 4.74 Å². The van der Waals surface area contributed by atoms with Crippen molar-refractivity contribution in [3.8, 4) is 11.1 Å². The molecule has 4 nitrogen and oxygen atoms in total. The first-order valence-corrected chi connectivity index (χ1v) is 7.95. The summed E-state index contributed by atoms with van der Waals surface area (Å²) in [4.78, 5) is 13.5. The summed E-state index contributed by atoms with van der Waals surface area (Å²) in [5.41, 5.74) is 2.49. The Bertz CT molecular complexity index is 720. The number of rotatable bonds is 4. The van der Waals surface area contributed by atoms with E-state index in [-0.39, 0.29) is 12.1 Å². The van der Waals surface area contributed by atoms with Gasteiger partial charge in [-0.1, -0.05) is 42.5 Å². The van der Waals surface area contributed by atoms with Crippen molar-refractivity contribution in [2.24, 2.45) is 0 Å². The van der Waals surface area contributed by atoms with Gasteiger partial charge in [0.15, 0.2) is 0 Å². The fraction of sp³-hybridized carbons (Fsp3) is 0.316. The van der Waals surface area contributed by atoms with Gasteiger partial charge in [-0.15, -0.1) is 0 Å². The highest BCUT2D eigenvalue weighted by molar-refractivity contribution is 5.99. The number of carboxylic acids is 1. The van der Waals surface area contributed by atoms with Crippen LogP contribution in [0, 0.1) is 0 Å². The second-order valence-corrected chi connectivity index (χ2v) is 5.90. The third-order valence-corrected chi connectivity index (χ3v) is 4.45. The van der Waals surface area contributed by atoms with Crippen LogP contribution in [0.5, 0.6) is 0 Å². The summed E-state index contributed by atoms with van der Waals surface area (Å²) in [6.07, 6.45) is -1.05. The Morgan fingerprint density at radius 2 is 1.96 bits per heavy atom. The Hall–Kier alpha value is -2.40. The zero-order valence-corrected chi connectivity index (χ0v) is 13.5. The third-order valence-electron chi connectivity index (χ3n) is 4.45. The number of ether oxygens (including phenoxy) is 1. The van der Waals surface area contributed by atoms with E-state index in [9.17, 15) is 14.3 Å². The van der Waals surface area contributed by atoms with Gasteiger partial charge in [0.1, 0.15) is 6.17 Å². The molecule has 5 heteroatoms. The Labute approximate surface area is 140 Å². The van der Waals surface area contributed by atoms with Crippen LogP contribution in [0.15, 0.2) is 48.5 Å². The van der Waals surface area contributed by atoms with E-state index in [0.717, 1.165) is 11.1 Å². The van der Waals surface area contributed by atoms with Gasteiger partial charge in [0.2, 0.25) is 0 Å². The van der Waals surface area contributed by atoms with Crippen molar-refractivity contribution < 1.29 is 19.0 Å². The molecule has 1 saturated heterocycles. The molecule has 0 spiro atoms. The van der Waals surface area contributed by atoms with E-state index in [0.29, 0.717) is 18.7 Å². The fourth-order valence-electron chi connectivity index (χ4n) is 3.26. The summed E-state index contributed by atoms with van der Waals surface area (Å²) in [5.74, 6) is -1.01. The zero-order chi connectivity index (χ0) is 17.1.